The van der Waals surface area contributed by atoms with E-state index < -0.39 is 23.8 Å². The zero-order valence-corrected chi connectivity index (χ0v) is 25.9. The van der Waals surface area contributed by atoms with Crippen molar-refractivity contribution in [2.24, 2.45) is 5.92 Å². The summed E-state index contributed by atoms with van der Waals surface area (Å²) in [4.78, 5) is 43.7. The second-order valence-corrected chi connectivity index (χ2v) is 13.1. The third kappa shape index (κ3) is 8.05. The van der Waals surface area contributed by atoms with Crippen molar-refractivity contribution in [2.75, 3.05) is 0 Å². The van der Waals surface area contributed by atoms with Crippen molar-refractivity contribution in [2.45, 2.75) is 116 Å². The number of carbonyl (C=O) groups excluding carboxylic acids is 3. The van der Waals surface area contributed by atoms with Crippen LogP contribution in [0.15, 0.2) is 42.5 Å². The van der Waals surface area contributed by atoms with Crippen LogP contribution in [0.2, 0.25) is 0 Å². The molecule has 0 radical (unpaired) electrons. The Hall–Kier alpha value is -3.55. The second-order valence-electron chi connectivity index (χ2n) is 13.1. The van der Waals surface area contributed by atoms with Gasteiger partial charge in [0.15, 0.2) is 0 Å². The van der Waals surface area contributed by atoms with Crippen molar-refractivity contribution in [3.05, 3.63) is 64.7 Å². The maximum atomic E-state index is 14.7. The molecule has 4 rings (SSSR count). The molecule has 3 N–H and O–H groups in total. The van der Waals surface area contributed by atoms with Crippen molar-refractivity contribution in [1.82, 2.24) is 15.5 Å². The van der Waals surface area contributed by atoms with Gasteiger partial charge in [0.25, 0.3) is 0 Å². The lowest BCUT2D eigenvalue weighted by atomic mass is 9.91. The number of nitrogens with zero attached hydrogens (tertiary/aromatic N) is 1. The number of alkyl carbamates (subject to hydrolysis) is 1. The molecule has 2 aliphatic rings. The van der Waals surface area contributed by atoms with E-state index in [-0.39, 0.29) is 42.0 Å². The molecule has 2 aromatic rings. The first kappa shape index (κ1) is 31.4. The summed E-state index contributed by atoms with van der Waals surface area (Å²) < 4.78 is 5.54. The Bertz CT molecular complexity index is 1240. The van der Waals surface area contributed by atoms with E-state index in [2.05, 4.69) is 17.6 Å². The molecule has 0 aliphatic heterocycles. The molecule has 4 atom stereocenters. The largest absolute Gasteiger partial charge is 0.508 e. The fourth-order valence-corrected chi connectivity index (χ4v) is 6.05. The van der Waals surface area contributed by atoms with Crippen molar-refractivity contribution in [1.29, 1.82) is 0 Å². The van der Waals surface area contributed by atoms with Crippen molar-refractivity contribution in [3.63, 3.8) is 0 Å². The molecule has 8 nitrogen and oxygen atoms in total. The van der Waals surface area contributed by atoms with Gasteiger partial charge in [-0.3, -0.25) is 9.59 Å². The van der Waals surface area contributed by atoms with Crippen LogP contribution < -0.4 is 10.6 Å². The SMILES string of the molecule is Cc1cccc(C)c1C(C(=O)NC1CCCCC1)N(C(=O)C(Cc1ccc(O)cc1)NC(=O)OC(C)(C)C)C1CC1C. The highest BCUT2D eigenvalue weighted by atomic mass is 16.6. The first-order valence-corrected chi connectivity index (χ1v) is 15.3. The summed E-state index contributed by atoms with van der Waals surface area (Å²) in [6.45, 7) is 11.4. The smallest absolute Gasteiger partial charge is 0.408 e. The van der Waals surface area contributed by atoms with Crippen LogP contribution in [-0.2, 0) is 20.7 Å². The maximum Gasteiger partial charge on any atom is 0.408 e. The van der Waals surface area contributed by atoms with E-state index in [4.69, 9.17) is 4.74 Å². The Balaban J connectivity index is 1.75. The lowest BCUT2D eigenvalue weighted by Gasteiger charge is -2.37. The van der Waals surface area contributed by atoms with Crippen LogP contribution in [0.3, 0.4) is 0 Å². The van der Waals surface area contributed by atoms with Crippen LogP contribution in [0.25, 0.3) is 0 Å². The molecular weight excluding hydrogens is 530 g/mol. The van der Waals surface area contributed by atoms with Crippen LogP contribution in [0.1, 0.15) is 94.5 Å². The van der Waals surface area contributed by atoms with Crippen molar-refractivity contribution in [3.8, 4) is 5.75 Å². The summed E-state index contributed by atoms with van der Waals surface area (Å²) in [5.41, 5.74) is 2.74. The summed E-state index contributed by atoms with van der Waals surface area (Å²) in [7, 11) is 0. The highest BCUT2D eigenvalue weighted by Crippen LogP contribution is 2.42. The zero-order chi connectivity index (χ0) is 30.6. The predicted octanol–water partition coefficient (Wildman–Crippen LogP) is 5.87. The van der Waals surface area contributed by atoms with Gasteiger partial charge in [-0.15, -0.1) is 0 Å². The third-order valence-corrected chi connectivity index (χ3v) is 8.34. The molecule has 0 spiro atoms. The van der Waals surface area contributed by atoms with E-state index in [1.165, 1.54) is 6.42 Å². The van der Waals surface area contributed by atoms with Gasteiger partial charge >= 0.3 is 6.09 Å². The Labute approximate surface area is 250 Å². The molecule has 4 unspecified atom stereocenters. The van der Waals surface area contributed by atoms with Gasteiger partial charge in [0.1, 0.15) is 23.4 Å². The van der Waals surface area contributed by atoms with Crippen LogP contribution in [0.4, 0.5) is 4.79 Å². The average Bonchev–Trinajstić information content (AvgIpc) is 3.63. The van der Waals surface area contributed by atoms with Crippen molar-refractivity contribution >= 4 is 17.9 Å². The van der Waals surface area contributed by atoms with Crippen LogP contribution in [0, 0.1) is 19.8 Å². The van der Waals surface area contributed by atoms with Gasteiger partial charge < -0.3 is 25.4 Å². The molecule has 2 saturated carbocycles. The fourth-order valence-electron chi connectivity index (χ4n) is 6.05. The highest BCUT2D eigenvalue weighted by molar-refractivity contribution is 5.93. The van der Waals surface area contributed by atoms with E-state index in [0.29, 0.717) is 0 Å². The molecule has 0 bridgehead atoms. The van der Waals surface area contributed by atoms with Crippen LogP contribution >= 0.6 is 0 Å². The number of hydrogen-bond donors (Lipinski definition) is 3. The molecular formula is C34H47N3O5. The molecule has 0 heterocycles. The molecule has 0 aromatic heterocycles. The number of ether oxygens (including phenoxy) is 1. The average molecular weight is 578 g/mol. The van der Waals surface area contributed by atoms with Gasteiger partial charge in [-0.25, -0.2) is 4.79 Å². The summed E-state index contributed by atoms with van der Waals surface area (Å²) in [6.07, 6.45) is 5.46. The maximum absolute atomic E-state index is 14.7. The quantitative estimate of drug-likeness (QED) is 0.345. The fraction of sp³-hybridized carbons (Fsp3) is 0.559. The molecule has 2 aliphatic carbocycles. The Morgan fingerprint density at radius 2 is 1.60 bits per heavy atom. The number of aryl methyl sites for hydroxylation is 2. The number of nitrogens with one attached hydrogen (secondary N) is 2. The molecule has 228 valence electrons. The number of hydrogen-bond acceptors (Lipinski definition) is 5. The Morgan fingerprint density at radius 1 is 1.00 bits per heavy atom. The molecule has 8 heteroatoms. The molecule has 0 saturated heterocycles. The van der Waals surface area contributed by atoms with Gasteiger partial charge in [-0.1, -0.05) is 56.5 Å². The molecule has 2 aromatic carbocycles. The minimum atomic E-state index is -0.980. The third-order valence-electron chi connectivity index (χ3n) is 8.34. The normalized spacial score (nSPS) is 20.2. The number of carbonyl (C=O) groups is 3. The number of benzene rings is 2. The number of amides is 3. The van der Waals surface area contributed by atoms with Gasteiger partial charge in [-0.05, 0) is 94.2 Å². The van der Waals surface area contributed by atoms with Gasteiger partial charge in [0, 0.05) is 18.5 Å². The summed E-state index contributed by atoms with van der Waals surface area (Å²) >= 11 is 0. The first-order valence-electron chi connectivity index (χ1n) is 15.3. The second kappa shape index (κ2) is 13.2. The monoisotopic (exact) mass is 577 g/mol. The number of rotatable bonds is 9. The van der Waals surface area contributed by atoms with E-state index >= 15 is 0 Å². The van der Waals surface area contributed by atoms with Crippen LogP contribution in [-0.4, -0.2) is 51.6 Å². The number of phenols is 1. The standard InChI is InChI=1S/C34H47N3O5/c1-21-11-10-12-22(2)29(21)30(31(39)35-25-13-8-7-9-14-25)37(28-19-23(28)3)32(40)27(36-33(41)42-34(4,5)6)20-24-15-17-26(38)18-16-24/h10-12,15-18,23,25,27-28,30,38H,7-9,13-14,19-20H2,1-6H3,(H,35,39)(H,36,41). The summed E-state index contributed by atoms with van der Waals surface area (Å²) in [5.74, 6) is -0.161. The predicted molar refractivity (Wildman–Crippen MR) is 163 cm³/mol. The van der Waals surface area contributed by atoms with E-state index in [1.54, 1.807) is 49.9 Å². The van der Waals surface area contributed by atoms with E-state index in [1.807, 2.05) is 32.0 Å². The van der Waals surface area contributed by atoms with Gasteiger partial charge in [0.2, 0.25) is 11.8 Å². The zero-order valence-electron chi connectivity index (χ0n) is 25.9. The summed E-state index contributed by atoms with van der Waals surface area (Å²) in [6, 6.07) is 10.6. The lowest BCUT2D eigenvalue weighted by molar-refractivity contribution is -0.143. The Kier molecular flexibility index (Phi) is 9.85. The summed E-state index contributed by atoms with van der Waals surface area (Å²) in [5, 5.41) is 15.9. The van der Waals surface area contributed by atoms with Crippen LogP contribution in [0.5, 0.6) is 5.75 Å². The van der Waals surface area contributed by atoms with E-state index in [9.17, 15) is 19.5 Å². The molecule has 3 amide bonds. The molecule has 42 heavy (non-hydrogen) atoms. The molecule has 2 fully saturated rings. The lowest BCUT2D eigenvalue weighted by Crippen LogP contribution is -2.55. The van der Waals surface area contributed by atoms with Crippen molar-refractivity contribution < 1.29 is 24.2 Å². The van der Waals surface area contributed by atoms with Gasteiger partial charge in [-0.2, -0.15) is 0 Å². The first-order chi connectivity index (χ1) is 19.8. The number of phenolic OH excluding ortho intramolecular Hbond substituents is 1. The minimum absolute atomic E-state index is 0.0827. The van der Waals surface area contributed by atoms with E-state index in [0.717, 1.165) is 54.4 Å². The highest BCUT2D eigenvalue weighted by Gasteiger charge is 2.49. The van der Waals surface area contributed by atoms with Gasteiger partial charge in [0.05, 0.1) is 0 Å². The minimum Gasteiger partial charge on any atom is -0.508 e. The Morgan fingerprint density at radius 3 is 2.14 bits per heavy atom. The number of aromatic hydroxyl groups is 1. The topological polar surface area (TPSA) is 108 Å².